The fourth-order valence-corrected chi connectivity index (χ4v) is 2.55. The van der Waals surface area contributed by atoms with Crippen molar-refractivity contribution in [3.63, 3.8) is 0 Å². The van der Waals surface area contributed by atoms with Crippen LogP contribution >= 0.6 is 15.9 Å². The Balaban J connectivity index is 1.64. The largest absolute Gasteiger partial charge is 0.488 e. The molecule has 1 aliphatic rings. The Bertz CT molecular complexity index is 575. The number of fused-ring (bicyclic) bond motifs is 1. The lowest BCUT2D eigenvalue weighted by Crippen LogP contribution is -2.22. The predicted molar refractivity (Wildman–Crippen MR) is 78.6 cm³/mol. The first-order valence-corrected chi connectivity index (χ1v) is 6.94. The molecule has 0 saturated heterocycles. The second-order valence-corrected chi connectivity index (χ2v) is 5.32. The minimum absolute atomic E-state index is 0.0609. The van der Waals surface area contributed by atoms with Gasteiger partial charge in [0.05, 0.1) is 4.47 Å². The highest BCUT2D eigenvalue weighted by molar-refractivity contribution is 9.10. The summed E-state index contributed by atoms with van der Waals surface area (Å²) >= 11 is 3.43. The highest BCUT2D eigenvalue weighted by atomic mass is 79.9. The highest BCUT2D eigenvalue weighted by Gasteiger charge is 2.23. The van der Waals surface area contributed by atoms with Crippen LogP contribution in [0.5, 0.6) is 11.5 Å². The quantitative estimate of drug-likeness (QED) is 0.882. The summed E-state index contributed by atoms with van der Waals surface area (Å²) < 4.78 is 12.4. The average Bonchev–Trinajstić information content (AvgIpc) is 2.83. The number of benzene rings is 2. The van der Waals surface area contributed by atoms with Crippen LogP contribution in [0.1, 0.15) is 5.56 Å². The van der Waals surface area contributed by atoms with E-state index in [0.717, 1.165) is 22.4 Å². The zero-order valence-electron chi connectivity index (χ0n) is 10.3. The van der Waals surface area contributed by atoms with E-state index in [1.165, 1.54) is 5.56 Å². The van der Waals surface area contributed by atoms with Crippen molar-refractivity contribution in [1.29, 1.82) is 0 Å². The van der Waals surface area contributed by atoms with Crippen molar-refractivity contribution in [3.8, 4) is 11.5 Å². The number of ether oxygens (including phenoxy) is 2. The van der Waals surface area contributed by atoms with Gasteiger partial charge in [-0.25, -0.2) is 0 Å². The van der Waals surface area contributed by atoms with Crippen LogP contribution in [0, 0.1) is 0 Å². The Hall–Kier alpha value is -1.68. The molecule has 3 rings (SSSR count). The molecule has 0 saturated carbocycles. The lowest BCUT2D eigenvalue weighted by molar-refractivity contribution is 0.148. The monoisotopic (exact) mass is 319 g/mol. The van der Waals surface area contributed by atoms with E-state index in [9.17, 15) is 0 Å². The van der Waals surface area contributed by atoms with Crippen molar-refractivity contribution < 1.29 is 9.47 Å². The Morgan fingerprint density at radius 1 is 1.21 bits per heavy atom. The van der Waals surface area contributed by atoms with Crippen LogP contribution in [0.15, 0.2) is 46.9 Å². The van der Waals surface area contributed by atoms with Crippen LogP contribution in [-0.4, -0.2) is 12.7 Å². The number of para-hydroxylation sites is 1. The molecule has 0 aliphatic carbocycles. The minimum atomic E-state index is 0.0609. The van der Waals surface area contributed by atoms with Crippen molar-refractivity contribution in [2.45, 2.75) is 12.5 Å². The van der Waals surface area contributed by atoms with E-state index in [0.29, 0.717) is 12.3 Å². The summed E-state index contributed by atoms with van der Waals surface area (Å²) in [6.07, 6.45) is 0.946. The van der Waals surface area contributed by atoms with Crippen LogP contribution in [0.25, 0.3) is 0 Å². The van der Waals surface area contributed by atoms with Crippen molar-refractivity contribution in [3.05, 3.63) is 52.5 Å². The van der Waals surface area contributed by atoms with Gasteiger partial charge in [0.15, 0.2) is 0 Å². The smallest absolute Gasteiger partial charge is 0.137 e. The van der Waals surface area contributed by atoms with E-state index in [4.69, 9.17) is 15.2 Å². The van der Waals surface area contributed by atoms with Gasteiger partial charge in [0.1, 0.15) is 24.2 Å². The van der Waals surface area contributed by atoms with Gasteiger partial charge in [-0.05, 0) is 39.7 Å². The molecule has 1 heterocycles. The molecule has 0 amide bonds. The Morgan fingerprint density at radius 2 is 2.05 bits per heavy atom. The molecular weight excluding hydrogens is 306 g/mol. The number of hydrogen-bond donors (Lipinski definition) is 1. The van der Waals surface area contributed by atoms with Crippen molar-refractivity contribution in [1.82, 2.24) is 0 Å². The first kappa shape index (κ1) is 12.4. The molecule has 4 heteroatoms. The van der Waals surface area contributed by atoms with Crippen molar-refractivity contribution in [2.24, 2.45) is 0 Å². The third-order valence-electron chi connectivity index (χ3n) is 3.13. The van der Waals surface area contributed by atoms with Gasteiger partial charge in [0.2, 0.25) is 0 Å². The Kier molecular flexibility index (Phi) is 3.34. The maximum Gasteiger partial charge on any atom is 0.137 e. The number of rotatable bonds is 3. The number of nitrogen functional groups attached to an aromatic ring is 1. The van der Waals surface area contributed by atoms with Gasteiger partial charge in [-0.2, -0.15) is 0 Å². The summed E-state index contributed by atoms with van der Waals surface area (Å²) in [6.45, 7) is 0.511. The second kappa shape index (κ2) is 5.13. The SMILES string of the molecule is Nc1cccc(OCC2Cc3ccccc3O2)c1Br. The molecule has 98 valence electrons. The fraction of sp³-hybridized carbons (Fsp3) is 0.200. The van der Waals surface area contributed by atoms with Gasteiger partial charge in [-0.1, -0.05) is 24.3 Å². The Morgan fingerprint density at radius 3 is 2.89 bits per heavy atom. The lowest BCUT2D eigenvalue weighted by Gasteiger charge is -2.14. The van der Waals surface area contributed by atoms with E-state index in [1.807, 2.05) is 36.4 Å². The third-order valence-corrected chi connectivity index (χ3v) is 3.98. The van der Waals surface area contributed by atoms with Gasteiger partial charge in [-0.3, -0.25) is 0 Å². The van der Waals surface area contributed by atoms with Crippen molar-refractivity contribution >= 4 is 21.6 Å². The molecule has 2 aromatic carbocycles. The molecule has 0 bridgehead atoms. The topological polar surface area (TPSA) is 44.5 Å². The van der Waals surface area contributed by atoms with Gasteiger partial charge >= 0.3 is 0 Å². The molecule has 1 unspecified atom stereocenters. The van der Waals surface area contributed by atoms with Gasteiger partial charge in [0.25, 0.3) is 0 Å². The summed E-state index contributed by atoms with van der Waals surface area (Å²) in [5.74, 6) is 1.71. The van der Waals surface area contributed by atoms with Crippen LogP contribution in [0.3, 0.4) is 0 Å². The van der Waals surface area contributed by atoms with Crippen LogP contribution in [-0.2, 0) is 6.42 Å². The van der Waals surface area contributed by atoms with Gasteiger partial charge in [-0.15, -0.1) is 0 Å². The number of hydrogen-bond acceptors (Lipinski definition) is 3. The molecule has 0 radical (unpaired) electrons. The molecule has 1 aliphatic heterocycles. The lowest BCUT2D eigenvalue weighted by atomic mass is 10.1. The van der Waals surface area contributed by atoms with Crippen LogP contribution in [0.2, 0.25) is 0 Å². The summed E-state index contributed by atoms with van der Waals surface area (Å²) in [6, 6.07) is 13.7. The van der Waals surface area contributed by atoms with E-state index < -0.39 is 0 Å². The fourth-order valence-electron chi connectivity index (χ4n) is 2.17. The first-order chi connectivity index (χ1) is 9.24. The van der Waals surface area contributed by atoms with E-state index in [1.54, 1.807) is 0 Å². The molecule has 19 heavy (non-hydrogen) atoms. The van der Waals surface area contributed by atoms with Crippen molar-refractivity contribution in [2.75, 3.05) is 12.3 Å². The molecular formula is C15H14BrNO2. The highest BCUT2D eigenvalue weighted by Crippen LogP contribution is 2.32. The standard InChI is InChI=1S/C15H14BrNO2/c16-15-12(17)5-3-7-14(15)18-9-11-8-10-4-1-2-6-13(10)19-11/h1-7,11H,8-9,17H2. The maximum absolute atomic E-state index is 5.83. The molecule has 0 fully saturated rings. The number of halogens is 1. The molecule has 2 N–H and O–H groups in total. The zero-order valence-corrected chi connectivity index (χ0v) is 11.9. The maximum atomic E-state index is 5.83. The van der Waals surface area contributed by atoms with E-state index >= 15 is 0 Å². The van der Waals surface area contributed by atoms with E-state index in [-0.39, 0.29) is 6.10 Å². The molecule has 1 atom stereocenters. The zero-order chi connectivity index (χ0) is 13.2. The summed E-state index contributed by atoms with van der Waals surface area (Å²) in [5.41, 5.74) is 7.73. The molecule has 3 nitrogen and oxygen atoms in total. The van der Waals surface area contributed by atoms with Gasteiger partial charge in [0, 0.05) is 12.1 Å². The van der Waals surface area contributed by atoms with Gasteiger partial charge < -0.3 is 15.2 Å². The summed E-state index contributed by atoms with van der Waals surface area (Å²) in [5, 5.41) is 0. The second-order valence-electron chi connectivity index (χ2n) is 4.52. The Labute approximate surface area is 120 Å². The molecule has 0 aromatic heterocycles. The first-order valence-electron chi connectivity index (χ1n) is 6.15. The van der Waals surface area contributed by atoms with Crippen LogP contribution in [0.4, 0.5) is 5.69 Å². The van der Waals surface area contributed by atoms with E-state index in [2.05, 4.69) is 22.0 Å². The third kappa shape index (κ3) is 2.54. The minimum Gasteiger partial charge on any atom is -0.488 e. The number of anilines is 1. The average molecular weight is 320 g/mol. The summed E-state index contributed by atoms with van der Waals surface area (Å²) in [4.78, 5) is 0. The predicted octanol–water partition coefficient (Wildman–Crippen LogP) is 3.41. The summed E-state index contributed by atoms with van der Waals surface area (Å²) in [7, 11) is 0. The number of nitrogens with two attached hydrogens (primary N) is 1. The molecule has 2 aromatic rings. The van der Waals surface area contributed by atoms with Crippen LogP contribution < -0.4 is 15.2 Å². The normalized spacial score (nSPS) is 16.8. The molecule has 0 spiro atoms.